The van der Waals surface area contributed by atoms with Gasteiger partial charge in [-0.2, -0.15) is 0 Å². The minimum absolute atomic E-state index is 0. The summed E-state index contributed by atoms with van der Waals surface area (Å²) in [5.41, 5.74) is 0. The van der Waals surface area contributed by atoms with Gasteiger partial charge in [0.1, 0.15) is 0 Å². The molecule has 2 radical (unpaired) electrons. The second-order valence-corrected chi connectivity index (χ2v) is 5.29. The maximum Gasteiger partial charge on any atom is 3.00 e. The van der Waals surface area contributed by atoms with E-state index in [9.17, 15) is 25.5 Å². The fourth-order valence-electron chi connectivity index (χ4n) is 0.722. The molecule has 0 amide bonds. The molecule has 0 saturated heterocycles. The van der Waals surface area contributed by atoms with Crippen molar-refractivity contribution in [2.75, 3.05) is 33.0 Å². The average Bonchev–Trinajstić information content (AvgIpc) is 2.61. The first-order valence-corrected chi connectivity index (χ1v) is 9.98. The van der Waals surface area contributed by atoms with E-state index in [1.54, 1.807) is 0 Å². The predicted molar refractivity (Wildman–Crippen MR) is 110 cm³/mol. The normalized spacial score (nSPS) is 7.78. The van der Waals surface area contributed by atoms with Crippen molar-refractivity contribution < 1.29 is 25.5 Å². The van der Waals surface area contributed by atoms with Crippen LogP contribution in [0.3, 0.4) is 0 Å². The second kappa shape index (κ2) is 70.7. The first-order valence-electron chi connectivity index (χ1n) is 9.98. The molecule has 0 aromatic heterocycles. The quantitative estimate of drug-likeness (QED) is 0.370. The van der Waals surface area contributed by atoms with Crippen molar-refractivity contribution in [3.8, 4) is 0 Å². The van der Waals surface area contributed by atoms with Gasteiger partial charge in [0.15, 0.2) is 0 Å². The van der Waals surface area contributed by atoms with Gasteiger partial charge in [0.05, 0.1) is 0 Å². The summed E-state index contributed by atoms with van der Waals surface area (Å²) < 4.78 is 0. The maximum absolute atomic E-state index is 9.53. The van der Waals surface area contributed by atoms with Crippen LogP contribution in [0.2, 0.25) is 0 Å². The van der Waals surface area contributed by atoms with Gasteiger partial charge in [-0.25, -0.2) is 0 Å². The molecule has 0 fully saturated rings. The van der Waals surface area contributed by atoms with Crippen LogP contribution in [0.1, 0.15) is 98.8 Å². The monoisotopic (exact) mass is 526 g/mol. The molecule has 0 heterocycles. The van der Waals surface area contributed by atoms with Gasteiger partial charge < -0.3 is 25.5 Å². The summed E-state index contributed by atoms with van der Waals surface area (Å²) in [5.74, 6) is 0. The van der Waals surface area contributed by atoms with Crippen LogP contribution in [0.25, 0.3) is 0 Å². The van der Waals surface area contributed by atoms with Crippen LogP contribution in [-0.4, -0.2) is 95.2 Å². The molecule has 0 aliphatic heterocycles. The number of hydrogen-bond donors (Lipinski definition) is 0. The average molecular weight is 527 g/mol. The van der Waals surface area contributed by atoms with Gasteiger partial charge >= 0.3 is 62.2 Å². The van der Waals surface area contributed by atoms with Crippen LogP contribution < -0.4 is 25.5 Å². The third kappa shape index (κ3) is 132. The standard InChI is InChI=1S/5C4H9O.Ca.Sb/c5*1-2-3-4-5;;/h5*2-4H2,1H3;;/q5*-1;+2;+3. The van der Waals surface area contributed by atoms with Crippen LogP contribution in [0.5, 0.6) is 0 Å². The van der Waals surface area contributed by atoms with Gasteiger partial charge in [0.25, 0.3) is 0 Å². The number of hydrogen-bond acceptors (Lipinski definition) is 5. The Morgan fingerprint density at radius 2 is 0.481 bits per heavy atom. The number of unbranched alkanes of at least 4 members (excludes halogenated alkanes) is 5. The Kier molecular flexibility index (Phi) is 123. The zero-order valence-corrected chi connectivity index (χ0v) is 23.6. The summed E-state index contributed by atoms with van der Waals surface area (Å²) in [5, 5.41) is 47.6. The summed E-state index contributed by atoms with van der Waals surface area (Å²) >= 11 is 0. The molecular weight excluding hydrogens is 482 g/mol. The molecule has 0 atom stereocenters. The van der Waals surface area contributed by atoms with Gasteiger partial charge in [-0.1, -0.05) is 98.8 Å². The molecule has 0 spiro atoms. The molecular formula is C20H45CaO5Sb. The molecule has 0 bridgehead atoms. The third-order valence-electron chi connectivity index (χ3n) is 2.49. The molecule has 0 aliphatic carbocycles. The van der Waals surface area contributed by atoms with Crippen molar-refractivity contribution in [2.24, 2.45) is 0 Å². The minimum atomic E-state index is 0. The summed E-state index contributed by atoms with van der Waals surface area (Å²) in [4.78, 5) is 0. The first-order chi connectivity index (χ1) is 12.1. The molecule has 0 saturated carbocycles. The van der Waals surface area contributed by atoms with E-state index in [2.05, 4.69) is 0 Å². The topological polar surface area (TPSA) is 115 Å². The predicted octanol–water partition coefficient (Wildman–Crippen LogP) is -0.0276. The summed E-state index contributed by atoms with van der Waals surface area (Å²) in [6, 6.07) is 0. The largest absolute Gasteiger partial charge is 3.00 e. The summed E-state index contributed by atoms with van der Waals surface area (Å²) in [6.07, 6.45) is 9.32. The SMILES string of the molecule is CCCC[O-].CCCC[O-].CCCC[O-].CCCC[O-].CCCC[O-].[Ca+2].[Sb+3]. The molecule has 0 aromatic rings. The zero-order chi connectivity index (χ0) is 20.6. The zero-order valence-electron chi connectivity index (χ0n) is 18.8. The number of rotatable bonds is 10. The van der Waals surface area contributed by atoms with Gasteiger partial charge in [-0.3, -0.25) is 0 Å². The van der Waals surface area contributed by atoms with Crippen molar-refractivity contribution in [2.45, 2.75) is 98.8 Å². The second-order valence-electron chi connectivity index (χ2n) is 5.29. The van der Waals surface area contributed by atoms with Gasteiger partial charge in [0.2, 0.25) is 0 Å². The van der Waals surface area contributed by atoms with E-state index in [0.29, 0.717) is 0 Å². The molecule has 7 heteroatoms. The molecule has 162 valence electrons. The van der Waals surface area contributed by atoms with E-state index in [1.165, 1.54) is 0 Å². The van der Waals surface area contributed by atoms with Gasteiger partial charge in [0, 0.05) is 0 Å². The van der Waals surface area contributed by atoms with Crippen LogP contribution in [-0.2, 0) is 0 Å². The summed E-state index contributed by atoms with van der Waals surface area (Å²) in [7, 11) is 0. The van der Waals surface area contributed by atoms with Crippen LogP contribution in [0, 0.1) is 0 Å². The van der Waals surface area contributed by atoms with E-state index >= 15 is 0 Å². The molecule has 0 aromatic carbocycles. The fourth-order valence-corrected chi connectivity index (χ4v) is 0.722. The van der Waals surface area contributed by atoms with E-state index < -0.39 is 0 Å². The van der Waals surface area contributed by atoms with Crippen molar-refractivity contribution >= 4 is 62.2 Å². The Bertz CT molecular complexity index is 103. The first kappa shape index (κ1) is 46.9. The Morgan fingerprint density at radius 1 is 0.370 bits per heavy atom. The maximum atomic E-state index is 9.53. The molecule has 5 nitrogen and oxygen atoms in total. The van der Waals surface area contributed by atoms with Crippen molar-refractivity contribution in [1.29, 1.82) is 0 Å². The van der Waals surface area contributed by atoms with E-state index in [0.717, 1.165) is 64.2 Å². The minimum Gasteiger partial charge on any atom is -0.854 e. The van der Waals surface area contributed by atoms with Crippen LogP contribution in [0.4, 0.5) is 0 Å². The van der Waals surface area contributed by atoms with Crippen LogP contribution >= 0.6 is 0 Å². The Hall–Kier alpha value is 1.88. The smallest absolute Gasteiger partial charge is 0.854 e. The van der Waals surface area contributed by atoms with Crippen molar-refractivity contribution in [3.05, 3.63) is 0 Å². The molecule has 0 unspecified atom stereocenters. The van der Waals surface area contributed by atoms with Gasteiger partial charge in [-0.05, 0) is 0 Å². The van der Waals surface area contributed by atoms with E-state index in [1.807, 2.05) is 34.6 Å². The molecule has 0 rings (SSSR count). The Balaban J connectivity index is -0.0000000364. The van der Waals surface area contributed by atoms with Crippen molar-refractivity contribution in [3.63, 3.8) is 0 Å². The van der Waals surface area contributed by atoms with Gasteiger partial charge in [-0.15, -0.1) is 33.0 Å². The van der Waals surface area contributed by atoms with E-state index in [-0.39, 0.29) is 95.2 Å². The molecule has 0 aliphatic rings. The van der Waals surface area contributed by atoms with Crippen LogP contribution in [0.15, 0.2) is 0 Å². The summed E-state index contributed by atoms with van der Waals surface area (Å²) in [6.45, 7) is 10.5. The Labute approximate surface area is 217 Å². The molecule has 0 N–H and O–H groups in total. The third-order valence-corrected chi connectivity index (χ3v) is 2.49. The fraction of sp³-hybridized carbons (Fsp3) is 1.00. The Morgan fingerprint density at radius 3 is 0.481 bits per heavy atom. The van der Waals surface area contributed by atoms with E-state index in [4.69, 9.17) is 0 Å². The van der Waals surface area contributed by atoms with Crippen molar-refractivity contribution in [1.82, 2.24) is 0 Å². The molecule has 27 heavy (non-hydrogen) atoms.